The quantitative estimate of drug-likeness (QED) is 0.820. The number of nitrogens with zero attached hydrogens (tertiary/aromatic N) is 1. The third-order valence-corrected chi connectivity index (χ3v) is 4.94. The number of rotatable bonds is 3. The molecule has 142 valence electrons. The highest BCUT2D eigenvalue weighted by Gasteiger charge is 2.32. The summed E-state index contributed by atoms with van der Waals surface area (Å²) >= 11 is 0. The number of carbonyl (C=O) groups excluding carboxylic acids is 1. The van der Waals surface area contributed by atoms with Gasteiger partial charge in [-0.15, -0.1) is 0 Å². The van der Waals surface area contributed by atoms with E-state index in [-0.39, 0.29) is 24.1 Å². The monoisotopic (exact) mass is 377 g/mol. The SMILES string of the molecule is CC1CCC(C(=O)O)CN1C(=O)c1ccc(-c2cc(F)c(F)c(F)c2)cc1. The summed E-state index contributed by atoms with van der Waals surface area (Å²) in [6.07, 6.45) is 1.13. The molecule has 1 fully saturated rings. The summed E-state index contributed by atoms with van der Waals surface area (Å²) in [5.74, 6) is -5.90. The van der Waals surface area contributed by atoms with E-state index in [4.69, 9.17) is 0 Å². The average molecular weight is 377 g/mol. The van der Waals surface area contributed by atoms with Crippen molar-refractivity contribution in [2.75, 3.05) is 6.54 Å². The van der Waals surface area contributed by atoms with E-state index in [9.17, 15) is 27.9 Å². The summed E-state index contributed by atoms with van der Waals surface area (Å²) in [7, 11) is 0. The number of likely N-dealkylation sites (tertiary alicyclic amines) is 1. The third kappa shape index (κ3) is 3.82. The Morgan fingerprint density at radius 2 is 1.59 bits per heavy atom. The molecule has 0 bridgehead atoms. The molecule has 2 aromatic carbocycles. The Morgan fingerprint density at radius 1 is 1.00 bits per heavy atom. The molecule has 2 unspecified atom stereocenters. The molecule has 0 aromatic heterocycles. The fourth-order valence-corrected chi connectivity index (χ4v) is 3.28. The van der Waals surface area contributed by atoms with Gasteiger partial charge in [0.2, 0.25) is 0 Å². The maximum absolute atomic E-state index is 13.4. The highest BCUT2D eigenvalue weighted by molar-refractivity contribution is 5.95. The van der Waals surface area contributed by atoms with Crippen molar-refractivity contribution >= 4 is 11.9 Å². The number of aliphatic carboxylic acids is 1. The Labute approximate surface area is 154 Å². The number of carboxylic acids is 1. The highest BCUT2D eigenvalue weighted by Crippen LogP contribution is 2.27. The Kier molecular flexibility index (Phi) is 5.21. The van der Waals surface area contributed by atoms with Crippen LogP contribution in [-0.2, 0) is 4.79 Å². The van der Waals surface area contributed by atoms with Crippen LogP contribution in [0.1, 0.15) is 30.1 Å². The molecule has 0 spiro atoms. The van der Waals surface area contributed by atoms with Gasteiger partial charge >= 0.3 is 5.97 Å². The lowest BCUT2D eigenvalue weighted by atomic mass is 9.92. The van der Waals surface area contributed by atoms with E-state index in [1.54, 1.807) is 0 Å². The number of amides is 1. The molecular weight excluding hydrogens is 359 g/mol. The first-order chi connectivity index (χ1) is 12.8. The number of carboxylic acid groups (broad SMARTS) is 1. The number of halogens is 3. The van der Waals surface area contributed by atoms with Gasteiger partial charge in [0.15, 0.2) is 17.5 Å². The highest BCUT2D eigenvalue weighted by atomic mass is 19.2. The van der Waals surface area contributed by atoms with Gasteiger partial charge in [0.25, 0.3) is 5.91 Å². The van der Waals surface area contributed by atoms with E-state index in [0.717, 1.165) is 12.1 Å². The topological polar surface area (TPSA) is 57.6 Å². The first kappa shape index (κ1) is 18.9. The standard InChI is InChI=1S/C20H18F3NO3/c1-11-2-3-14(20(26)27)10-24(11)19(25)13-6-4-12(5-7-13)15-8-16(21)18(23)17(22)9-15/h4-9,11,14H,2-3,10H2,1H3,(H,26,27). The maximum atomic E-state index is 13.4. The molecule has 0 saturated carbocycles. The van der Waals surface area contributed by atoms with Gasteiger partial charge in [-0.25, -0.2) is 13.2 Å². The van der Waals surface area contributed by atoms with Crippen LogP contribution in [0.25, 0.3) is 11.1 Å². The van der Waals surface area contributed by atoms with Crippen LogP contribution < -0.4 is 0 Å². The summed E-state index contributed by atoms with van der Waals surface area (Å²) in [6, 6.07) is 7.75. The summed E-state index contributed by atoms with van der Waals surface area (Å²) in [6.45, 7) is 2.01. The van der Waals surface area contributed by atoms with Crippen LogP contribution in [0.2, 0.25) is 0 Å². The third-order valence-electron chi connectivity index (χ3n) is 4.94. The van der Waals surface area contributed by atoms with Gasteiger partial charge in [0.05, 0.1) is 5.92 Å². The smallest absolute Gasteiger partial charge is 0.308 e. The summed E-state index contributed by atoms with van der Waals surface area (Å²) in [5.41, 5.74) is 0.932. The molecule has 1 heterocycles. The van der Waals surface area contributed by atoms with Crippen molar-refractivity contribution < 1.29 is 27.9 Å². The molecule has 7 heteroatoms. The number of hydrogen-bond acceptors (Lipinski definition) is 2. The van der Waals surface area contributed by atoms with Gasteiger partial charge in [0.1, 0.15) is 0 Å². The van der Waals surface area contributed by atoms with E-state index in [1.807, 2.05) is 6.92 Å². The molecule has 2 atom stereocenters. The van der Waals surface area contributed by atoms with E-state index in [2.05, 4.69) is 0 Å². The fourth-order valence-electron chi connectivity index (χ4n) is 3.28. The second-order valence-electron chi connectivity index (χ2n) is 6.75. The largest absolute Gasteiger partial charge is 0.481 e. The number of carbonyl (C=O) groups is 2. The minimum Gasteiger partial charge on any atom is -0.481 e. The van der Waals surface area contributed by atoms with Gasteiger partial charge in [-0.3, -0.25) is 9.59 Å². The number of piperidine rings is 1. The van der Waals surface area contributed by atoms with Crippen LogP contribution in [0.5, 0.6) is 0 Å². The van der Waals surface area contributed by atoms with E-state index in [1.165, 1.54) is 29.2 Å². The van der Waals surface area contributed by atoms with Gasteiger partial charge in [-0.2, -0.15) is 0 Å². The molecule has 0 radical (unpaired) electrons. The minimum atomic E-state index is -1.53. The minimum absolute atomic E-state index is 0.0759. The fraction of sp³-hybridized carbons (Fsp3) is 0.300. The lowest BCUT2D eigenvalue weighted by Gasteiger charge is -2.36. The molecule has 1 aliphatic rings. The van der Waals surface area contributed by atoms with Crippen LogP contribution in [0, 0.1) is 23.4 Å². The zero-order chi connectivity index (χ0) is 19.7. The van der Waals surface area contributed by atoms with Gasteiger partial charge in [0, 0.05) is 18.2 Å². The van der Waals surface area contributed by atoms with Crippen molar-refractivity contribution in [3.8, 4) is 11.1 Å². The predicted molar refractivity (Wildman–Crippen MR) is 92.6 cm³/mol. The summed E-state index contributed by atoms with van der Waals surface area (Å²) in [5, 5.41) is 9.20. The zero-order valence-electron chi connectivity index (χ0n) is 14.6. The first-order valence-electron chi connectivity index (χ1n) is 8.56. The van der Waals surface area contributed by atoms with Gasteiger partial charge < -0.3 is 10.0 Å². The van der Waals surface area contributed by atoms with E-state index >= 15 is 0 Å². The van der Waals surface area contributed by atoms with Gasteiger partial charge in [-0.1, -0.05) is 12.1 Å². The van der Waals surface area contributed by atoms with Crippen molar-refractivity contribution in [3.63, 3.8) is 0 Å². The second-order valence-corrected chi connectivity index (χ2v) is 6.75. The van der Waals surface area contributed by atoms with Crippen molar-refractivity contribution in [1.29, 1.82) is 0 Å². The Balaban J connectivity index is 1.82. The average Bonchev–Trinajstić information content (AvgIpc) is 2.65. The van der Waals surface area contributed by atoms with Crippen LogP contribution in [0.15, 0.2) is 36.4 Å². The Morgan fingerprint density at radius 3 is 2.15 bits per heavy atom. The molecule has 0 aliphatic carbocycles. The molecule has 1 aliphatic heterocycles. The van der Waals surface area contributed by atoms with Crippen molar-refractivity contribution in [2.24, 2.45) is 5.92 Å². The van der Waals surface area contributed by atoms with Gasteiger partial charge in [-0.05, 0) is 55.2 Å². The predicted octanol–water partition coefficient (Wildman–Crippen LogP) is 4.10. The van der Waals surface area contributed by atoms with E-state index < -0.39 is 29.3 Å². The Bertz CT molecular complexity index is 860. The van der Waals surface area contributed by atoms with Crippen LogP contribution in [0.3, 0.4) is 0 Å². The molecule has 3 rings (SSSR count). The Hall–Kier alpha value is -2.83. The summed E-state index contributed by atoms with van der Waals surface area (Å²) in [4.78, 5) is 25.5. The van der Waals surface area contributed by atoms with Crippen LogP contribution >= 0.6 is 0 Å². The van der Waals surface area contributed by atoms with Crippen LogP contribution in [-0.4, -0.2) is 34.5 Å². The molecule has 4 nitrogen and oxygen atoms in total. The molecule has 27 heavy (non-hydrogen) atoms. The normalized spacial score (nSPS) is 19.8. The van der Waals surface area contributed by atoms with Crippen molar-refractivity contribution in [1.82, 2.24) is 4.90 Å². The lowest BCUT2D eigenvalue weighted by molar-refractivity contribution is -0.143. The number of hydrogen-bond donors (Lipinski definition) is 1. The molecule has 1 N–H and O–H groups in total. The van der Waals surface area contributed by atoms with Crippen molar-refractivity contribution in [3.05, 3.63) is 59.4 Å². The second kappa shape index (κ2) is 7.42. The molecule has 1 saturated heterocycles. The van der Waals surface area contributed by atoms with Crippen molar-refractivity contribution in [2.45, 2.75) is 25.8 Å². The maximum Gasteiger partial charge on any atom is 0.308 e. The molecule has 1 amide bonds. The number of benzene rings is 2. The molecular formula is C20H18F3NO3. The van der Waals surface area contributed by atoms with Crippen LogP contribution in [0.4, 0.5) is 13.2 Å². The zero-order valence-corrected chi connectivity index (χ0v) is 14.6. The molecule has 2 aromatic rings. The summed E-state index contributed by atoms with van der Waals surface area (Å²) < 4.78 is 39.9. The first-order valence-corrected chi connectivity index (χ1v) is 8.56. The lowest BCUT2D eigenvalue weighted by Crippen LogP contribution is -2.47. The van der Waals surface area contributed by atoms with E-state index in [0.29, 0.717) is 24.0 Å².